The molecule has 2 N–H and O–H groups in total. The molecule has 100 valence electrons. The van der Waals surface area contributed by atoms with Crippen molar-refractivity contribution >= 4 is 16.0 Å². The molecular weight excluding hydrogens is 244 g/mol. The van der Waals surface area contributed by atoms with Crippen LogP contribution >= 0.6 is 0 Å². The van der Waals surface area contributed by atoms with Gasteiger partial charge in [0.05, 0.1) is 13.4 Å². The van der Waals surface area contributed by atoms with Gasteiger partial charge >= 0.3 is 5.97 Å². The van der Waals surface area contributed by atoms with E-state index in [0.29, 0.717) is 19.5 Å². The quantitative estimate of drug-likeness (QED) is 0.694. The minimum Gasteiger partial charge on any atom is -0.468 e. The number of esters is 1. The normalized spacial score (nSPS) is 24.3. The van der Waals surface area contributed by atoms with Gasteiger partial charge in [0.25, 0.3) is 0 Å². The Hall–Kier alpha value is -0.660. The lowest BCUT2D eigenvalue weighted by Crippen LogP contribution is -2.42. The number of sulfonamides is 1. The standard InChI is InChI=1S/C10H20N2O4S/c1-16-10(13)9(11)6-8-4-3-5-12(7-8)17(2,14)15/h8-9H,3-7,11H2,1-2H3. The first-order chi connectivity index (χ1) is 7.84. The van der Waals surface area contributed by atoms with Gasteiger partial charge in [-0.1, -0.05) is 0 Å². The molecule has 1 fully saturated rings. The molecule has 7 heteroatoms. The zero-order valence-corrected chi connectivity index (χ0v) is 11.1. The van der Waals surface area contributed by atoms with E-state index < -0.39 is 22.0 Å². The van der Waals surface area contributed by atoms with Gasteiger partial charge in [0.1, 0.15) is 6.04 Å². The Kier molecular flexibility index (Phi) is 4.91. The molecule has 2 atom stereocenters. The molecule has 0 aromatic carbocycles. The van der Waals surface area contributed by atoms with E-state index in [9.17, 15) is 13.2 Å². The maximum Gasteiger partial charge on any atom is 0.322 e. The van der Waals surface area contributed by atoms with Gasteiger partial charge in [-0.25, -0.2) is 12.7 Å². The van der Waals surface area contributed by atoms with E-state index in [-0.39, 0.29) is 5.92 Å². The molecule has 2 unspecified atom stereocenters. The van der Waals surface area contributed by atoms with Gasteiger partial charge in [-0.3, -0.25) is 4.79 Å². The Labute approximate surface area is 102 Å². The van der Waals surface area contributed by atoms with Gasteiger partial charge in [-0.15, -0.1) is 0 Å². The molecule has 17 heavy (non-hydrogen) atoms. The van der Waals surface area contributed by atoms with Crippen LogP contribution in [0.15, 0.2) is 0 Å². The summed E-state index contributed by atoms with van der Waals surface area (Å²) >= 11 is 0. The largest absolute Gasteiger partial charge is 0.468 e. The lowest BCUT2D eigenvalue weighted by molar-refractivity contribution is -0.142. The topological polar surface area (TPSA) is 89.7 Å². The fraction of sp³-hybridized carbons (Fsp3) is 0.900. The molecular formula is C10H20N2O4S. The first kappa shape index (κ1) is 14.4. The van der Waals surface area contributed by atoms with Crippen LogP contribution in [0.25, 0.3) is 0 Å². The molecule has 0 amide bonds. The Morgan fingerprint density at radius 1 is 1.59 bits per heavy atom. The molecule has 1 aliphatic heterocycles. The molecule has 1 aliphatic rings. The van der Waals surface area contributed by atoms with Gasteiger partial charge in [0.2, 0.25) is 10.0 Å². The molecule has 0 bridgehead atoms. The summed E-state index contributed by atoms with van der Waals surface area (Å²) < 4.78 is 28.8. The van der Waals surface area contributed by atoms with Gasteiger partial charge in [-0.05, 0) is 25.2 Å². The van der Waals surface area contributed by atoms with Crippen molar-refractivity contribution in [1.82, 2.24) is 4.31 Å². The summed E-state index contributed by atoms with van der Waals surface area (Å²) in [6.45, 7) is 1.01. The van der Waals surface area contributed by atoms with Crippen molar-refractivity contribution in [2.75, 3.05) is 26.5 Å². The highest BCUT2D eigenvalue weighted by atomic mass is 32.2. The SMILES string of the molecule is COC(=O)C(N)CC1CCCN(S(C)(=O)=O)C1. The number of hydrogen-bond donors (Lipinski definition) is 1. The number of rotatable bonds is 4. The zero-order valence-electron chi connectivity index (χ0n) is 10.3. The molecule has 0 aliphatic carbocycles. The Bertz CT molecular complexity index is 369. The summed E-state index contributed by atoms with van der Waals surface area (Å²) in [6.07, 6.45) is 3.39. The maximum atomic E-state index is 11.4. The van der Waals surface area contributed by atoms with Crippen molar-refractivity contribution in [3.8, 4) is 0 Å². The summed E-state index contributed by atoms with van der Waals surface area (Å²) in [5, 5.41) is 0. The molecule has 0 radical (unpaired) electrons. The third-order valence-corrected chi connectivity index (χ3v) is 4.31. The van der Waals surface area contributed by atoms with Crippen LogP contribution in [0.2, 0.25) is 0 Å². The summed E-state index contributed by atoms with van der Waals surface area (Å²) in [6, 6.07) is -0.662. The van der Waals surface area contributed by atoms with Gasteiger partial charge in [0.15, 0.2) is 0 Å². The highest BCUT2D eigenvalue weighted by Gasteiger charge is 2.28. The Morgan fingerprint density at radius 2 is 2.24 bits per heavy atom. The number of carbonyl (C=O) groups is 1. The average Bonchev–Trinajstić information content (AvgIpc) is 2.27. The summed E-state index contributed by atoms with van der Waals surface area (Å²) in [4.78, 5) is 11.2. The number of nitrogens with zero attached hydrogens (tertiary/aromatic N) is 1. The van der Waals surface area contributed by atoms with E-state index in [0.717, 1.165) is 12.8 Å². The summed E-state index contributed by atoms with van der Waals surface area (Å²) in [5.74, 6) is -0.311. The summed E-state index contributed by atoms with van der Waals surface area (Å²) in [7, 11) is -1.85. The molecule has 1 saturated heterocycles. The Balaban J connectivity index is 2.53. The fourth-order valence-corrected chi connectivity index (χ4v) is 3.07. The van der Waals surface area contributed by atoms with Crippen molar-refractivity contribution in [2.45, 2.75) is 25.3 Å². The molecule has 1 heterocycles. The predicted molar refractivity (Wildman–Crippen MR) is 63.7 cm³/mol. The van der Waals surface area contributed by atoms with Crippen LogP contribution in [0.5, 0.6) is 0 Å². The highest BCUT2D eigenvalue weighted by Crippen LogP contribution is 2.22. The summed E-state index contributed by atoms with van der Waals surface area (Å²) in [5.41, 5.74) is 5.67. The third kappa shape index (κ3) is 4.25. The van der Waals surface area contributed by atoms with Crippen LogP contribution in [-0.4, -0.2) is 51.2 Å². The van der Waals surface area contributed by atoms with Crippen LogP contribution in [0.1, 0.15) is 19.3 Å². The van der Waals surface area contributed by atoms with Crippen molar-refractivity contribution < 1.29 is 17.9 Å². The van der Waals surface area contributed by atoms with E-state index in [2.05, 4.69) is 4.74 Å². The first-order valence-corrected chi connectivity index (χ1v) is 7.48. The first-order valence-electron chi connectivity index (χ1n) is 5.63. The van der Waals surface area contributed by atoms with E-state index in [1.807, 2.05) is 0 Å². The number of hydrogen-bond acceptors (Lipinski definition) is 5. The lowest BCUT2D eigenvalue weighted by Gasteiger charge is -2.31. The molecule has 0 aromatic heterocycles. The second kappa shape index (κ2) is 5.79. The number of piperidine rings is 1. The number of methoxy groups -OCH3 is 1. The van der Waals surface area contributed by atoms with E-state index in [4.69, 9.17) is 5.73 Å². The molecule has 0 spiro atoms. The van der Waals surface area contributed by atoms with Crippen molar-refractivity contribution in [2.24, 2.45) is 11.7 Å². The van der Waals surface area contributed by atoms with Crippen LogP contribution in [0, 0.1) is 5.92 Å². The molecule has 6 nitrogen and oxygen atoms in total. The van der Waals surface area contributed by atoms with Crippen LogP contribution < -0.4 is 5.73 Å². The predicted octanol–water partition coefficient (Wildman–Crippen LogP) is -0.452. The average molecular weight is 264 g/mol. The van der Waals surface area contributed by atoms with Gasteiger partial charge in [0, 0.05) is 13.1 Å². The van der Waals surface area contributed by atoms with Crippen molar-refractivity contribution in [3.05, 3.63) is 0 Å². The molecule has 0 aromatic rings. The van der Waals surface area contributed by atoms with E-state index in [1.54, 1.807) is 0 Å². The second-order valence-corrected chi connectivity index (χ2v) is 6.48. The number of carbonyl (C=O) groups excluding carboxylic acids is 1. The van der Waals surface area contributed by atoms with Crippen LogP contribution in [-0.2, 0) is 19.6 Å². The van der Waals surface area contributed by atoms with E-state index in [1.165, 1.54) is 17.7 Å². The van der Waals surface area contributed by atoms with Crippen LogP contribution in [0.3, 0.4) is 0 Å². The minimum absolute atomic E-state index is 0.132. The highest BCUT2D eigenvalue weighted by molar-refractivity contribution is 7.88. The number of nitrogens with two attached hydrogens (primary N) is 1. The molecule has 1 rings (SSSR count). The van der Waals surface area contributed by atoms with Crippen molar-refractivity contribution in [3.63, 3.8) is 0 Å². The van der Waals surface area contributed by atoms with Crippen molar-refractivity contribution in [1.29, 1.82) is 0 Å². The number of ether oxygens (including phenoxy) is 1. The Morgan fingerprint density at radius 3 is 2.76 bits per heavy atom. The van der Waals surface area contributed by atoms with Crippen LogP contribution in [0.4, 0.5) is 0 Å². The second-order valence-electron chi connectivity index (χ2n) is 4.49. The fourth-order valence-electron chi connectivity index (χ4n) is 2.13. The van der Waals surface area contributed by atoms with E-state index >= 15 is 0 Å². The smallest absolute Gasteiger partial charge is 0.322 e. The van der Waals surface area contributed by atoms with Gasteiger partial charge < -0.3 is 10.5 Å². The minimum atomic E-state index is -3.14. The van der Waals surface area contributed by atoms with Gasteiger partial charge in [-0.2, -0.15) is 0 Å². The third-order valence-electron chi connectivity index (χ3n) is 3.04. The molecule has 0 saturated carbocycles. The monoisotopic (exact) mass is 264 g/mol. The zero-order chi connectivity index (χ0) is 13.1. The lowest BCUT2D eigenvalue weighted by atomic mass is 9.93. The maximum absolute atomic E-state index is 11.4.